The number of carbonyl (C=O) groups is 1. The highest BCUT2D eigenvalue weighted by molar-refractivity contribution is 6.09. The zero-order valence-electron chi connectivity index (χ0n) is 17.0. The van der Waals surface area contributed by atoms with Gasteiger partial charge in [-0.2, -0.15) is 4.98 Å². The lowest BCUT2D eigenvalue weighted by Crippen LogP contribution is -2.06. The second kappa shape index (κ2) is 8.69. The average Bonchev–Trinajstić information content (AvgIpc) is 3.16. The molecule has 1 heterocycles. The van der Waals surface area contributed by atoms with Crippen molar-refractivity contribution in [1.82, 2.24) is 10.1 Å². The van der Waals surface area contributed by atoms with Gasteiger partial charge in [-0.15, -0.1) is 0 Å². The smallest absolute Gasteiger partial charge is 0.269 e. The standard InChI is InChI=1S/C22H21N3O5/c1-13(2)22(26)18-9-10-19(15(4)14(18)3)29-12-21-23-20(24-30-21)11-16-5-7-17(8-6-16)25(27)28/h5-10H,1,11-12H2,2-4H3. The summed E-state index contributed by atoms with van der Waals surface area (Å²) in [5.41, 5.74) is 3.64. The molecule has 0 unspecified atom stereocenters. The summed E-state index contributed by atoms with van der Waals surface area (Å²) in [6, 6.07) is 9.66. The molecule has 0 atom stereocenters. The number of rotatable bonds is 8. The quantitative estimate of drug-likeness (QED) is 0.234. The van der Waals surface area contributed by atoms with Crippen molar-refractivity contribution < 1.29 is 19.0 Å². The number of ketones is 1. The Kier molecular flexibility index (Phi) is 6.06. The van der Waals surface area contributed by atoms with Gasteiger partial charge in [-0.1, -0.05) is 23.9 Å². The molecule has 0 N–H and O–H groups in total. The van der Waals surface area contributed by atoms with E-state index in [0.29, 0.717) is 35.0 Å². The summed E-state index contributed by atoms with van der Waals surface area (Å²) >= 11 is 0. The van der Waals surface area contributed by atoms with Crippen LogP contribution in [-0.4, -0.2) is 20.8 Å². The summed E-state index contributed by atoms with van der Waals surface area (Å²) in [5.74, 6) is 1.31. The maximum absolute atomic E-state index is 12.2. The number of benzene rings is 2. The first-order valence-electron chi connectivity index (χ1n) is 9.24. The predicted molar refractivity (Wildman–Crippen MR) is 110 cm³/mol. The van der Waals surface area contributed by atoms with E-state index in [1.165, 1.54) is 12.1 Å². The van der Waals surface area contributed by atoms with Gasteiger partial charge in [-0.25, -0.2) is 0 Å². The van der Waals surface area contributed by atoms with Gasteiger partial charge in [-0.05, 0) is 55.2 Å². The number of nitro benzene ring substituents is 1. The minimum Gasteiger partial charge on any atom is -0.483 e. The van der Waals surface area contributed by atoms with Gasteiger partial charge >= 0.3 is 0 Å². The lowest BCUT2D eigenvalue weighted by Gasteiger charge is -2.13. The van der Waals surface area contributed by atoms with Crippen LogP contribution in [0.1, 0.15) is 45.7 Å². The van der Waals surface area contributed by atoms with Crippen molar-refractivity contribution in [1.29, 1.82) is 0 Å². The molecule has 0 saturated carbocycles. The molecule has 1 aromatic heterocycles. The normalized spacial score (nSPS) is 10.6. The third-order valence-corrected chi connectivity index (χ3v) is 4.74. The fraction of sp³-hybridized carbons (Fsp3) is 0.227. The maximum Gasteiger partial charge on any atom is 0.269 e. The molecule has 0 radical (unpaired) electrons. The van der Waals surface area contributed by atoms with Gasteiger partial charge in [0.05, 0.1) is 4.92 Å². The summed E-state index contributed by atoms with van der Waals surface area (Å²) in [7, 11) is 0. The molecule has 0 fully saturated rings. The number of nitrogens with zero attached hydrogens (tertiary/aromatic N) is 3. The van der Waals surface area contributed by atoms with E-state index >= 15 is 0 Å². The van der Waals surface area contributed by atoms with Gasteiger partial charge in [0.25, 0.3) is 11.6 Å². The van der Waals surface area contributed by atoms with E-state index in [2.05, 4.69) is 16.7 Å². The first kappa shape index (κ1) is 20.9. The van der Waals surface area contributed by atoms with Gasteiger partial charge in [0.2, 0.25) is 0 Å². The molecule has 0 aliphatic rings. The van der Waals surface area contributed by atoms with E-state index in [9.17, 15) is 14.9 Å². The first-order valence-corrected chi connectivity index (χ1v) is 9.24. The number of hydrogen-bond acceptors (Lipinski definition) is 7. The number of ether oxygens (including phenoxy) is 1. The summed E-state index contributed by atoms with van der Waals surface area (Å²) in [6.07, 6.45) is 0.386. The van der Waals surface area contributed by atoms with E-state index in [0.717, 1.165) is 16.7 Å². The number of allylic oxidation sites excluding steroid dienone is 1. The van der Waals surface area contributed by atoms with E-state index < -0.39 is 4.92 Å². The molecule has 0 aliphatic carbocycles. The Balaban J connectivity index is 1.65. The van der Waals surface area contributed by atoms with Crippen molar-refractivity contribution in [3.63, 3.8) is 0 Å². The van der Waals surface area contributed by atoms with E-state index in [1.807, 2.05) is 13.8 Å². The van der Waals surface area contributed by atoms with Crippen LogP contribution >= 0.6 is 0 Å². The zero-order valence-corrected chi connectivity index (χ0v) is 17.0. The SMILES string of the molecule is C=C(C)C(=O)c1ccc(OCc2nc(Cc3ccc([N+](=O)[O-])cc3)no2)c(C)c1C. The van der Waals surface area contributed by atoms with Crippen LogP contribution < -0.4 is 4.74 Å². The Morgan fingerprint density at radius 3 is 2.50 bits per heavy atom. The lowest BCUT2D eigenvalue weighted by molar-refractivity contribution is -0.384. The third kappa shape index (κ3) is 4.60. The maximum atomic E-state index is 12.2. The van der Waals surface area contributed by atoms with Gasteiger partial charge in [0.1, 0.15) is 5.75 Å². The second-order valence-electron chi connectivity index (χ2n) is 6.96. The minimum absolute atomic E-state index is 0.0302. The molecule has 0 bridgehead atoms. The molecule has 8 nitrogen and oxygen atoms in total. The summed E-state index contributed by atoms with van der Waals surface area (Å²) in [5, 5.41) is 14.6. The molecule has 8 heteroatoms. The van der Waals surface area contributed by atoms with Crippen molar-refractivity contribution >= 4 is 11.5 Å². The highest BCUT2D eigenvalue weighted by Crippen LogP contribution is 2.26. The van der Waals surface area contributed by atoms with Crippen LogP contribution in [-0.2, 0) is 13.0 Å². The molecule has 0 spiro atoms. The van der Waals surface area contributed by atoms with Crippen molar-refractivity contribution in [3.8, 4) is 5.75 Å². The summed E-state index contributed by atoms with van der Waals surface area (Å²) in [6.45, 7) is 9.23. The van der Waals surface area contributed by atoms with Crippen LogP contribution in [0.5, 0.6) is 5.75 Å². The molecular formula is C22H21N3O5. The Morgan fingerprint density at radius 1 is 1.17 bits per heavy atom. The highest BCUT2D eigenvalue weighted by Gasteiger charge is 2.15. The minimum atomic E-state index is -0.446. The van der Waals surface area contributed by atoms with Crippen LogP contribution in [0.2, 0.25) is 0 Å². The van der Waals surface area contributed by atoms with E-state index in [-0.39, 0.29) is 18.1 Å². The molecule has 154 valence electrons. The fourth-order valence-corrected chi connectivity index (χ4v) is 2.91. The third-order valence-electron chi connectivity index (χ3n) is 4.74. The Bertz CT molecular complexity index is 1120. The fourth-order valence-electron chi connectivity index (χ4n) is 2.91. The van der Waals surface area contributed by atoms with E-state index in [4.69, 9.17) is 9.26 Å². The molecular weight excluding hydrogens is 386 g/mol. The van der Waals surface area contributed by atoms with Gasteiger partial charge in [-0.3, -0.25) is 14.9 Å². The number of Topliss-reactive ketones (excluding diaryl/α,β-unsaturated/α-hetero) is 1. The molecule has 3 rings (SSSR count). The second-order valence-corrected chi connectivity index (χ2v) is 6.96. The molecule has 0 saturated heterocycles. The van der Waals surface area contributed by atoms with Crippen LogP contribution in [0.3, 0.4) is 0 Å². The summed E-state index contributed by atoms with van der Waals surface area (Å²) in [4.78, 5) is 26.8. The number of carbonyl (C=O) groups excluding carboxylic acids is 1. The van der Waals surface area contributed by atoms with Crippen molar-refractivity contribution in [2.75, 3.05) is 0 Å². The lowest BCUT2D eigenvalue weighted by atomic mass is 9.96. The number of aromatic nitrogens is 2. The Labute approximate surface area is 173 Å². The number of nitro groups is 1. The van der Waals surface area contributed by atoms with Crippen molar-refractivity contribution in [3.05, 3.63) is 92.6 Å². The number of non-ortho nitro benzene ring substituents is 1. The van der Waals surface area contributed by atoms with Gasteiger partial charge in [0, 0.05) is 24.1 Å². The van der Waals surface area contributed by atoms with Crippen LogP contribution in [0.4, 0.5) is 5.69 Å². The molecule has 30 heavy (non-hydrogen) atoms. The summed E-state index contributed by atoms with van der Waals surface area (Å²) < 4.78 is 11.0. The van der Waals surface area contributed by atoms with Gasteiger partial charge < -0.3 is 9.26 Å². The largest absolute Gasteiger partial charge is 0.483 e. The van der Waals surface area contributed by atoms with Crippen molar-refractivity contribution in [2.24, 2.45) is 0 Å². The van der Waals surface area contributed by atoms with Crippen molar-refractivity contribution in [2.45, 2.75) is 33.8 Å². The molecule has 2 aromatic carbocycles. The van der Waals surface area contributed by atoms with E-state index in [1.54, 1.807) is 31.2 Å². The highest BCUT2D eigenvalue weighted by atomic mass is 16.6. The zero-order chi connectivity index (χ0) is 21.8. The number of hydrogen-bond donors (Lipinski definition) is 0. The first-order chi connectivity index (χ1) is 14.3. The monoisotopic (exact) mass is 407 g/mol. The van der Waals surface area contributed by atoms with Gasteiger partial charge in [0.15, 0.2) is 18.2 Å². The average molecular weight is 407 g/mol. The van der Waals surface area contributed by atoms with Crippen LogP contribution in [0, 0.1) is 24.0 Å². The molecule has 0 aliphatic heterocycles. The molecule has 3 aromatic rings. The predicted octanol–water partition coefficient (Wildman–Crippen LogP) is 4.52. The van der Waals surface area contributed by atoms with Crippen LogP contribution in [0.25, 0.3) is 0 Å². The van der Waals surface area contributed by atoms with Crippen LogP contribution in [0.15, 0.2) is 53.1 Å². The topological polar surface area (TPSA) is 108 Å². The Hall–Kier alpha value is -3.81. The Morgan fingerprint density at radius 2 is 1.87 bits per heavy atom. The molecule has 0 amide bonds.